The SMILES string of the molecule is Cc1nc(CNC(=O)c2cnc(N(C)C)nc2C)n[nH]1. The topological polar surface area (TPSA) is 99.7 Å². The maximum atomic E-state index is 12.1. The Labute approximate surface area is 116 Å². The van der Waals surface area contributed by atoms with E-state index in [0.29, 0.717) is 28.9 Å². The summed E-state index contributed by atoms with van der Waals surface area (Å²) >= 11 is 0. The molecule has 0 saturated heterocycles. The minimum Gasteiger partial charge on any atom is -0.347 e. The molecule has 2 aromatic rings. The molecule has 1 amide bonds. The van der Waals surface area contributed by atoms with E-state index in [4.69, 9.17) is 0 Å². The van der Waals surface area contributed by atoms with E-state index in [0.717, 1.165) is 0 Å². The highest BCUT2D eigenvalue weighted by atomic mass is 16.1. The van der Waals surface area contributed by atoms with Crippen LogP contribution in [0, 0.1) is 13.8 Å². The van der Waals surface area contributed by atoms with Crippen LogP contribution in [-0.2, 0) is 6.54 Å². The number of carbonyl (C=O) groups excluding carboxylic acids is 1. The predicted molar refractivity (Wildman–Crippen MR) is 73.4 cm³/mol. The largest absolute Gasteiger partial charge is 0.347 e. The van der Waals surface area contributed by atoms with Crippen LogP contribution in [0.15, 0.2) is 6.20 Å². The zero-order valence-electron chi connectivity index (χ0n) is 11.9. The zero-order chi connectivity index (χ0) is 14.7. The number of anilines is 1. The average Bonchev–Trinajstić information content (AvgIpc) is 2.81. The summed E-state index contributed by atoms with van der Waals surface area (Å²) in [5.41, 5.74) is 1.08. The number of aromatic amines is 1. The Morgan fingerprint density at radius 2 is 2.10 bits per heavy atom. The molecule has 20 heavy (non-hydrogen) atoms. The number of aryl methyl sites for hydroxylation is 2. The molecule has 8 nitrogen and oxygen atoms in total. The molecule has 0 radical (unpaired) electrons. The van der Waals surface area contributed by atoms with Gasteiger partial charge in [-0.2, -0.15) is 5.10 Å². The Balaban J connectivity index is 2.05. The Bertz CT molecular complexity index is 620. The second-order valence-electron chi connectivity index (χ2n) is 4.58. The van der Waals surface area contributed by atoms with Gasteiger partial charge < -0.3 is 10.2 Å². The number of H-pyrrole nitrogens is 1. The third kappa shape index (κ3) is 3.08. The van der Waals surface area contributed by atoms with Gasteiger partial charge >= 0.3 is 0 Å². The van der Waals surface area contributed by atoms with Crippen molar-refractivity contribution in [1.82, 2.24) is 30.5 Å². The van der Waals surface area contributed by atoms with Crippen LogP contribution in [0.1, 0.15) is 27.7 Å². The summed E-state index contributed by atoms with van der Waals surface area (Å²) in [5, 5.41) is 9.41. The van der Waals surface area contributed by atoms with Crippen LogP contribution in [0.5, 0.6) is 0 Å². The smallest absolute Gasteiger partial charge is 0.255 e. The van der Waals surface area contributed by atoms with Crippen LogP contribution in [0.25, 0.3) is 0 Å². The van der Waals surface area contributed by atoms with Gasteiger partial charge in [0.2, 0.25) is 5.95 Å². The minimum absolute atomic E-state index is 0.241. The Morgan fingerprint density at radius 3 is 2.65 bits per heavy atom. The number of carbonyl (C=O) groups is 1. The van der Waals surface area contributed by atoms with E-state index < -0.39 is 0 Å². The molecule has 0 fully saturated rings. The summed E-state index contributed by atoms with van der Waals surface area (Å²) in [6.45, 7) is 3.84. The summed E-state index contributed by atoms with van der Waals surface area (Å²) < 4.78 is 0. The molecule has 0 saturated carbocycles. The second kappa shape index (κ2) is 5.64. The lowest BCUT2D eigenvalue weighted by atomic mass is 10.2. The fourth-order valence-corrected chi connectivity index (χ4v) is 1.62. The van der Waals surface area contributed by atoms with Gasteiger partial charge in [0, 0.05) is 20.3 Å². The first-order chi connectivity index (χ1) is 9.47. The molecule has 0 spiro atoms. The van der Waals surface area contributed by atoms with E-state index >= 15 is 0 Å². The molecule has 0 aromatic carbocycles. The summed E-state index contributed by atoms with van der Waals surface area (Å²) in [4.78, 5) is 26.4. The molecule has 0 atom stereocenters. The van der Waals surface area contributed by atoms with Gasteiger partial charge in [-0.25, -0.2) is 15.0 Å². The molecule has 0 aliphatic heterocycles. The number of hydrogen-bond acceptors (Lipinski definition) is 6. The van der Waals surface area contributed by atoms with Crippen molar-refractivity contribution < 1.29 is 4.79 Å². The second-order valence-corrected chi connectivity index (χ2v) is 4.58. The van der Waals surface area contributed by atoms with Gasteiger partial charge in [0.05, 0.1) is 17.8 Å². The first-order valence-corrected chi connectivity index (χ1v) is 6.14. The van der Waals surface area contributed by atoms with Crippen LogP contribution < -0.4 is 10.2 Å². The minimum atomic E-state index is -0.241. The highest BCUT2D eigenvalue weighted by Gasteiger charge is 2.13. The first-order valence-electron chi connectivity index (χ1n) is 6.14. The van der Waals surface area contributed by atoms with Crippen molar-refractivity contribution in [3.05, 3.63) is 29.1 Å². The molecule has 2 heterocycles. The lowest BCUT2D eigenvalue weighted by molar-refractivity contribution is 0.0948. The van der Waals surface area contributed by atoms with Crippen molar-refractivity contribution in [3.8, 4) is 0 Å². The van der Waals surface area contributed by atoms with Crippen molar-refractivity contribution in [1.29, 1.82) is 0 Å². The van der Waals surface area contributed by atoms with Gasteiger partial charge in [-0.05, 0) is 13.8 Å². The van der Waals surface area contributed by atoms with Crippen molar-refractivity contribution in [2.45, 2.75) is 20.4 Å². The molecule has 8 heteroatoms. The van der Waals surface area contributed by atoms with Gasteiger partial charge in [-0.1, -0.05) is 0 Å². The highest BCUT2D eigenvalue weighted by molar-refractivity contribution is 5.94. The van der Waals surface area contributed by atoms with Gasteiger partial charge in [0.15, 0.2) is 5.82 Å². The molecule has 0 bridgehead atoms. The van der Waals surface area contributed by atoms with Gasteiger partial charge in [0.1, 0.15) is 5.82 Å². The molecule has 2 aromatic heterocycles. The van der Waals surface area contributed by atoms with Crippen LogP contribution in [-0.4, -0.2) is 45.2 Å². The molecule has 0 aliphatic carbocycles. The van der Waals surface area contributed by atoms with Crippen molar-refractivity contribution in [2.24, 2.45) is 0 Å². The number of aromatic nitrogens is 5. The highest BCUT2D eigenvalue weighted by Crippen LogP contribution is 2.09. The molecule has 2 N–H and O–H groups in total. The maximum Gasteiger partial charge on any atom is 0.255 e. The molecular formula is C12H17N7O. The van der Waals surface area contributed by atoms with Crippen molar-refractivity contribution >= 4 is 11.9 Å². The lowest BCUT2D eigenvalue weighted by Crippen LogP contribution is -2.25. The number of nitrogens with zero attached hydrogens (tertiary/aromatic N) is 5. The summed E-state index contributed by atoms with van der Waals surface area (Å²) in [6.07, 6.45) is 1.52. The molecule has 106 valence electrons. The van der Waals surface area contributed by atoms with E-state index in [1.807, 2.05) is 14.1 Å². The van der Waals surface area contributed by atoms with Gasteiger partial charge in [0.25, 0.3) is 5.91 Å². The summed E-state index contributed by atoms with van der Waals surface area (Å²) in [5.74, 6) is 1.59. The van der Waals surface area contributed by atoms with E-state index in [-0.39, 0.29) is 12.5 Å². The number of hydrogen-bond donors (Lipinski definition) is 2. The molecule has 0 aliphatic rings. The van der Waals surface area contributed by atoms with Crippen LogP contribution >= 0.6 is 0 Å². The van der Waals surface area contributed by atoms with E-state index in [1.165, 1.54) is 6.20 Å². The van der Waals surface area contributed by atoms with Crippen LogP contribution in [0.3, 0.4) is 0 Å². The van der Waals surface area contributed by atoms with Crippen molar-refractivity contribution in [3.63, 3.8) is 0 Å². The third-order valence-corrected chi connectivity index (χ3v) is 2.66. The normalized spacial score (nSPS) is 10.4. The number of rotatable bonds is 4. The summed E-state index contributed by atoms with van der Waals surface area (Å²) in [7, 11) is 3.69. The molecule has 2 rings (SSSR count). The Morgan fingerprint density at radius 1 is 1.35 bits per heavy atom. The van der Waals surface area contributed by atoms with Gasteiger partial charge in [-0.3, -0.25) is 9.89 Å². The number of amides is 1. The summed E-state index contributed by atoms with van der Waals surface area (Å²) in [6, 6.07) is 0. The first kappa shape index (κ1) is 13.9. The zero-order valence-corrected chi connectivity index (χ0v) is 11.9. The third-order valence-electron chi connectivity index (χ3n) is 2.66. The quantitative estimate of drug-likeness (QED) is 0.827. The van der Waals surface area contributed by atoms with E-state index in [9.17, 15) is 4.79 Å². The number of nitrogens with one attached hydrogen (secondary N) is 2. The van der Waals surface area contributed by atoms with Crippen LogP contribution in [0.2, 0.25) is 0 Å². The van der Waals surface area contributed by atoms with E-state index in [1.54, 1.807) is 18.7 Å². The molecular weight excluding hydrogens is 258 g/mol. The standard InChI is InChI=1S/C12H17N7O/c1-7-9(5-14-12(15-7)19(3)4)11(20)13-6-10-16-8(2)17-18-10/h5H,6H2,1-4H3,(H,13,20)(H,16,17,18). The van der Waals surface area contributed by atoms with Crippen LogP contribution in [0.4, 0.5) is 5.95 Å². The predicted octanol–water partition coefficient (Wildman–Crippen LogP) is 0.208. The Kier molecular flexibility index (Phi) is 3.92. The van der Waals surface area contributed by atoms with Crippen molar-refractivity contribution in [2.75, 3.05) is 19.0 Å². The average molecular weight is 275 g/mol. The van der Waals surface area contributed by atoms with Gasteiger partial charge in [-0.15, -0.1) is 0 Å². The molecule has 0 unspecified atom stereocenters. The van der Waals surface area contributed by atoms with E-state index in [2.05, 4.69) is 30.5 Å². The monoisotopic (exact) mass is 275 g/mol. The Hall–Kier alpha value is -2.51. The fraction of sp³-hybridized carbons (Fsp3) is 0.417. The fourth-order valence-electron chi connectivity index (χ4n) is 1.62. The maximum absolute atomic E-state index is 12.1. The lowest BCUT2D eigenvalue weighted by Gasteiger charge is -2.12.